The van der Waals surface area contributed by atoms with Crippen molar-refractivity contribution in [2.45, 2.75) is 38.1 Å². The van der Waals surface area contributed by atoms with E-state index >= 15 is 0 Å². The number of hydrogen-bond acceptors (Lipinski definition) is 3. The Morgan fingerprint density at radius 2 is 2.29 bits per heavy atom. The van der Waals surface area contributed by atoms with Gasteiger partial charge >= 0.3 is 0 Å². The minimum absolute atomic E-state index is 0.166. The number of nitrogens with two attached hydrogens (primary N) is 1. The highest BCUT2D eigenvalue weighted by atomic mass is 16.1. The molecular formula is C12H20N4O. The van der Waals surface area contributed by atoms with Crippen molar-refractivity contribution < 1.29 is 4.79 Å². The first-order chi connectivity index (χ1) is 8.12. The van der Waals surface area contributed by atoms with E-state index in [9.17, 15) is 4.79 Å². The number of nitrogens with one attached hydrogen (secondary N) is 1. The minimum atomic E-state index is -0.264. The monoisotopic (exact) mass is 236 g/mol. The Bertz CT molecular complexity index is 393. The van der Waals surface area contributed by atoms with Gasteiger partial charge in [0.2, 0.25) is 5.91 Å². The second kappa shape index (κ2) is 4.87. The normalized spacial score (nSPS) is 19.1. The van der Waals surface area contributed by atoms with Gasteiger partial charge in [-0.1, -0.05) is 6.92 Å². The molecule has 0 aliphatic carbocycles. The maximum atomic E-state index is 10.8. The van der Waals surface area contributed by atoms with Crippen LogP contribution in [0, 0.1) is 0 Å². The summed E-state index contributed by atoms with van der Waals surface area (Å²) in [7, 11) is 0. The molecule has 1 saturated heterocycles. The summed E-state index contributed by atoms with van der Waals surface area (Å²) in [4.78, 5) is 15.1. The molecule has 0 unspecified atom stereocenters. The van der Waals surface area contributed by atoms with Crippen LogP contribution < -0.4 is 11.1 Å². The topological polar surface area (TPSA) is 72.9 Å². The average molecular weight is 236 g/mol. The summed E-state index contributed by atoms with van der Waals surface area (Å²) < 4.78 is 2.07. The minimum Gasteiger partial charge on any atom is -0.370 e. The van der Waals surface area contributed by atoms with Crippen molar-refractivity contribution in [1.82, 2.24) is 14.9 Å². The van der Waals surface area contributed by atoms with E-state index < -0.39 is 0 Å². The molecule has 2 rings (SSSR count). The molecule has 1 aliphatic rings. The quantitative estimate of drug-likeness (QED) is 0.794. The van der Waals surface area contributed by atoms with Crippen LogP contribution in [0.4, 0.5) is 0 Å². The Labute approximate surface area is 101 Å². The standard InChI is InChI=1S/C12H20N4O/c1-12(3-5-14-6-4-12)10-8-15-9-16(10)7-2-11(13)17/h8-9,14H,2-7H2,1H3,(H2,13,17). The van der Waals surface area contributed by atoms with Crippen LogP contribution in [-0.2, 0) is 16.8 Å². The average Bonchev–Trinajstić information content (AvgIpc) is 2.76. The van der Waals surface area contributed by atoms with Crippen molar-refractivity contribution in [3.8, 4) is 0 Å². The van der Waals surface area contributed by atoms with Crippen LogP contribution in [0.15, 0.2) is 12.5 Å². The van der Waals surface area contributed by atoms with Gasteiger partial charge in [-0.05, 0) is 25.9 Å². The summed E-state index contributed by atoms with van der Waals surface area (Å²) in [5, 5.41) is 3.37. The first-order valence-electron chi connectivity index (χ1n) is 6.11. The molecule has 17 heavy (non-hydrogen) atoms. The maximum absolute atomic E-state index is 10.8. The third-order valence-electron chi connectivity index (χ3n) is 3.64. The number of primary amides is 1. The van der Waals surface area contributed by atoms with E-state index in [1.807, 2.05) is 6.20 Å². The van der Waals surface area contributed by atoms with Crippen LogP contribution in [0.3, 0.4) is 0 Å². The number of aryl methyl sites for hydroxylation is 1. The number of amides is 1. The molecule has 1 aromatic rings. The lowest BCUT2D eigenvalue weighted by Gasteiger charge is -2.34. The Balaban J connectivity index is 2.14. The molecule has 5 nitrogen and oxygen atoms in total. The van der Waals surface area contributed by atoms with Gasteiger partial charge in [0.15, 0.2) is 0 Å². The molecule has 5 heteroatoms. The number of carbonyl (C=O) groups excluding carboxylic acids is 1. The highest BCUT2D eigenvalue weighted by Crippen LogP contribution is 2.32. The van der Waals surface area contributed by atoms with E-state index in [2.05, 4.69) is 21.8 Å². The van der Waals surface area contributed by atoms with E-state index in [-0.39, 0.29) is 11.3 Å². The molecule has 1 fully saturated rings. The van der Waals surface area contributed by atoms with E-state index in [4.69, 9.17) is 5.73 Å². The molecule has 1 amide bonds. The number of rotatable bonds is 4. The zero-order valence-corrected chi connectivity index (χ0v) is 10.3. The molecule has 0 radical (unpaired) electrons. The second-order valence-electron chi connectivity index (χ2n) is 5.00. The van der Waals surface area contributed by atoms with Crippen molar-refractivity contribution in [3.63, 3.8) is 0 Å². The van der Waals surface area contributed by atoms with Gasteiger partial charge < -0.3 is 15.6 Å². The second-order valence-corrected chi connectivity index (χ2v) is 5.00. The van der Waals surface area contributed by atoms with Crippen LogP contribution in [-0.4, -0.2) is 28.5 Å². The maximum Gasteiger partial charge on any atom is 0.219 e. The lowest BCUT2D eigenvalue weighted by molar-refractivity contribution is -0.118. The molecule has 3 N–H and O–H groups in total. The highest BCUT2D eigenvalue weighted by molar-refractivity contribution is 5.73. The largest absolute Gasteiger partial charge is 0.370 e. The summed E-state index contributed by atoms with van der Waals surface area (Å²) in [5.74, 6) is -0.264. The molecule has 0 spiro atoms. The molecule has 0 atom stereocenters. The summed E-state index contributed by atoms with van der Waals surface area (Å²) in [6, 6.07) is 0. The van der Waals surface area contributed by atoms with Gasteiger partial charge in [-0.3, -0.25) is 4.79 Å². The van der Waals surface area contributed by atoms with E-state index in [0.29, 0.717) is 13.0 Å². The van der Waals surface area contributed by atoms with Crippen LogP contribution in [0.2, 0.25) is 0 Å². The van der Waals surface area contributed by atoms with Crippen LogP contribution in [0.1, 0.15) is 31.9 Å². The number of aromatic nitrogens is 2. The number of imidazole rings is 1. The molecule has 0 saturated carbocycles. The molecular weight excluding hydrogens is 216 g/mol. The Morgan fingerprint density at radius 3 is 2.94 bits per heavy atom. The Morgan fingerprint density at radius 1 is 1.59 bits per heavy atom. The number of hydrogen-bond donors (Lipinski definition) is 2. The van der Waals surface area contributed by atoms with Gasteiger partial charge in [-0.15, -0.1) is 0 Å². The predicted molar refractivity (Wildman–Crippen MR) is 65.5 cm³/mol. The van der Waals surface area contributed by atoms with Crippen LogP contribution >= 0.6 is 0 Å². The SMILES string of the molecule is CC1(c2cncn2CCC(N)=O)CCNCC1. The van der Waals surface area contributed by atoms with Gasteiger partial charge in [-0.2, -0.15) is 0 Å². The fourth-order valence-electron chi connectivity index (χ4n) is 2.47. The smallest absolute Gasteiger partial charge is 0.219 e. The fraction of sp³-hybridized carbons (Fsp3) is 0.667. The molecule has 94 valence electrons. The van der Waals surface area contributed by atoms with Crippen LogP contribution in [0.5, 0.6) is 0 Å². The first kappa shape index (κ1) is 12.1. The lowest BCUT2D eigenvalue weighted by Crippen LogP contribution is -2.39. The third-order valence-corrected chi connectivity index (χ3v) is 3.64. The summed E-state index contributed by atoms with van der Waals surface area (Å²) in [6.07, 6.45) is 6.31. The van der Waals surface area contributed by atoms with E-state index in [0.717, 1.165) is 25.9 Å². The van der Waals surface area contributed by atoms with Gasteiger partial charge in [0.1, 0.15) is 0 Å². The third kappa shape index (κ3) is 2.66. The number of carbonyl (C=O) groups is 1. The molecule has 1 aromatic heterocycles. The molecule has 0 aromatic carbocycles. The van der Waals surface area contributed by atoms with Crippen molar-refractivity contribution in [3.05, 3.63) is 18.2 Å². The summed E-state index contributed by atoms with van der Waals surface area (Å²) in [5.41, 5.74) is 6.58. The summed E-state index contributed by atoms with van der Waals surface area (Å²) in [6.45, 7) is 4.98. The van der Waals surface area contributed by atoms with Gasteiger partial charge in [0, 0.05) is 30.3 Å². The Kier molecular flexibility index (Phi) is 3.47. The zero-order valence-electron chi connectivity index (χ0n) is 10.3. The van der Waals surface area contributed by atoms with Crippen molar-refractivity contribution >= 4 is 5.91 Å². The van der Waals surface area contributed by atoms with Crippen molar-refractivity contribution in [2.75, 3.05) is 13.1 Å². The van der Waals surface area contributed by atoms with Gasteiger partial charge in [0.05, 0.1) is 6.33 Å². The molecule has 1 aliphatic heterocycles. The number of nitrogens with zero attached hydrogens (tertiary/aromatic N) is 2. The van der Waals surface area contributed by atoms with Gasteiger partial charge in [0.25, 0.3) is 0 Å². The lowest BCUT2D eigenvalue weighted by atomic mass is 9.78. The van der Waals surface area contributed by atoms with Crippen molar-refractivity contribution in [1.29, 1.82) is 0 Å². The van der Waals surface area contributed by atoms with E-state index in [1.165, 1.54) is 5.69 Å². The van der Waals surface area contributed by atoms with Crippen LogP contribution in [0.25, 0.3) is 0 Å². The Hall–Kier alpha value is -1.36. The van der Waals surface area contributed by atoms with Gasteiger partial charge in [-0.25, -0.2) is 4.98 Å². The molecule has 0 bridgehead atoms. The fourth-order valence-corrected chi connectivity index (χ4v) is 2.47. The molecule has 2 heterocycles. The first-order valence-corrected chi connectivity index (χ1v) is 6.11. The predicted octanol–water partition coefficient (Wildman–Crippen LogP) is 0.400. The van der Waals surface area contributed by atoms with E-state index in [1.54, 1.807) is 6.33 Å². The summed E-state index contributed by atoms with van der Waals surface area (Å²) >= 11 is 0. The highest BCUT2D eigenvalue weighted by Gasteiger charge is 2.31. The zero-order chi connectivity index (χ0) is 12.3. The number of piperidine rings is 1. The van der Waals surface area contributed by atoms with Crippen molar-refractivity contribution in [2.24, 2.45) is 5.73 Å².